The highest BCUT2D eigenvalue weighted by Gasteiger charge is 2.34. The van der Waals surface area contributed by atoms with Gasteiger partial charge in [-0.3, -0.25) is 9.59 Å². The molecular weight excluding hydrogens is 375 g/mol. The fourth-order valence-corrected chi connectivity index (χ4v) is 3.40. The average Bonchev–Trinajstić information content (AvgIpc) is 2.72. The first-order valence-corrected chi connectivity index (χ1v) is 10.3. The minimum atomic E-state index is -0.785. The van der Waals surface area contributed by atoms with Gasteiger partial charge in [-0.25, -0.2) is 9.18 Å². The zero-order valence-corrected chi connectivity index (χ0v) is 17.3. The monoisotopic (exact) mass is 406 g/mol. The molecule has 7 nitrogen and oxygen atoms in total. The number of rotatable bonds is 7. The molecule has 3 N–H and O–H groups in total. The number of likely N-dealkylation sites (tertiary alicyclic amines) is 1. The lowest BCUT2D eigenvalue weighted by atomic mass is 9.88. The number of nitrogens with one attached hydrogen (secondary N) is 3. The predicted molar refractivity (Wildman–Crippen MR) is 109 cm³/mol. The van der Waals surface area contributed by atoms with E-state index in [2.05, 4.69) is 16.0 Å². The molecule has 1 aromatic carbocycles. The van der Waals surface area contributed by atoms with Gasteiger partial charge < -0.3 is 20.9 Å². The minimum absolute atomic E-state index is 0.0363. The fraction of sp³-hybridized carbons (Fsp3) is 0.571. The second-order valence-corrected chi connectivity index (χ2v) is 7.41. The first kappa shape index (κ1) is 22.6. The van der Waals surface area contributed by atoms with Crippen LogP contribution < -0.4 is 16.0 Å². The molecule has 0 saturated carbocycles. The molecule has 2 rings (SSSR count). The van der Waals surface area contributed by atoms with Gasteiger partial charge in [-0.1, -0.05) is 19.1 Å². The number of amides is 4. The van der Waals surface area contributed by atoms with Crippen LogP contribution in [0.5, 0.6) is 0 Å². The average molecular weight is 407 g/mol. The van der Waals surface area contributed by atoms with Crippen molar-refractivity contribution in [2.45, 2.75) is 52.1 Å². The molecule has 8 heteroatoms. The van der Waals surface area contributed by atoms with E-state index in [0.717, 1.165) is 6.42 Å². The summed E-state index contributed by atoms with van der Waals surface area (Å²) in [6.07, 6.45) is 1.91. The third-order valence-electron chi connectivity index (χ3n) is 5.31. The number of carbonyl (C=O) groups excluding carboxylic acids is 3. The molecule has 160 valence electrons. The standard InChI is InChI=1S/C21H31FN4O3/c1-4-14(3)24-20(28)18(25-19(27)16-8-6-7-9-17(16)22)15-10-12-26(13-11-15)21(29)23-5-2/h6-9,14-15,18H,4-5,10-13H2,1-3H3,(H,23,29)(H,24,28)(H,25,27)/t14-,18-/m0/s1. The number of halogens is 1. The zero-order valence-electron chi connectivity index (χ0n) is 17.3. The summed E-state index contributed by atoms with van der Waals surface area (Å²) >= 11 is 0. The molecule has 0 radical (unpaired) electrons. The van der Waals surface area contributed by atoms with Crippen LogP contribution in [0, 0.1) is 11.7 Å². The van der Waals surface area contributed by atoms with Gasteiger partial charge in [-0.2, -0.15) is 0 Å². The lowest BCUT2D eigenvalue weighted by Crippen LogP contribution is -2.55. The van der Waals surface area contributed by atoms with E-state index < -0.39 is 17.8 Å². The Morgan fingerprint density at radius 2 is 1.79 bits per heavy atom. The van der Waals surface area contributed by atoms with Gasteiger partial charge in [0, 0.05) is 25.7 Å². The third-order valence-corrected chi connectivity index (χ3v) is 5.31. The molecule has 1 aromatic rings. The Balaban J connectivity index is 2.11. The van der Waals surface area contributed by atoms with Crippen LogP contribution in [0.3, 0.4) is 0 Å². The van der Waals surface area contributed by atoms with Crippen molar-refractivity contribution in [3.63, 3.8) is 0 Å². The minimum Gasteiger partial charge on any atom is -0.352 e. The highest BCUT2D eigenvalue weighted by Crippen LogP contribution is 2.22. The molecule has 0 unspecified atom stereocenters. The van der Waals surface area contributed by atoms with Crippen LogP contribution in [0.1, 0.15) is 50.4 Å². The molecule has 0 aromatic heterocycles. The first-order chi connectivity index (χ1) is 13.9. The van der Waals surface area contributed by atoms with Crippen molar-refractivity contribution in [1.29, 1.82) is 0 Å². The molecule has 1 aliphatic rings. The van der Waals surface area contributed by atoms with E-state index in [9.17, 15) is 18.8 Å². The maximum atomic E-state index is 14.0. The summed E-state index contributed by atoms with van der Waals surface area (Å²) in [6, 6.07) is 4.76. The van der Waals surface area contributed by atoms with Gasteiger partial charge in [0.25, 0.3) is 5.91 Å². The van der Waals surface area contributed by atoms with Crippen LogP contribution in [-0.4, -0.2) is 54.5 Å². The van der Waals surface area contributed by atoms with E-state index >= 15 is 0 Å². The molecule has 29 heavy (non-hydrogen) atoms. The number of benzene rings is 1. The Morgan fingerprint density at radius 3 is 2.38 bits per heavy atom. The van der Waals surface area contributed by atoms with Gasteiger partial charge in [-0.05, 0) is 51.2 Å². The molecule has 0 spiro atoms. The van der Waals surface area contributed by atoms with E-state index in [1.807, 2.05) is 20.8 Å². The number of urea groups is 1. The summed E-state index contributed by atoms with van der Waals surface area (Å²) in [6.45, 7) is 7.27. The molecular formula is C21H31FN4O3. The maximum absolute atomic E-state index is 14.0. The molecule has 0 bridgehead atoms. The Kier molecular flexibility index (Phi) is 8.42. The van der Waals surface area contributed by atoms with E-state index in [4.69, 9.17) is 0 Å². The van der Waals surface area contributed by atoms with E-state index in [0.29, 0.717) is 32.5 Å². The van der Waals surface area contributed by atoms with Crippen LogP contribution in [0.4, 0.5) is 9.18 Å². The molecule has 0 aliphatic carbocycles. The molecule has 1 aliphatic heterocycles. The summed E-state index contributed by atoms with van der Waals surface area (Å²) in [7, 11) is 0. The largest absolute Gasteiger partial charge is 0.352 e. The van der Waals surface area contributed by atoms with Crippen molar-refractivity contribution in [3.8, 4) is 0 Å². The Morgan fingerprint density at radius 1 is 1.14 bits per heavy atom. The number of hydrogen-bond acceptors (Lipinski definition) is 3. The second kappa shape index (κ2) is 10.8. The van der Waals surface area contributed by atoms with Crippen molar-refractivity contribution < 1.29 is 18.8 Å². The summed E-state index contributed by atoms with van der Waals surface area (Å²) < 4.78 is 14.0. The summed E-state index contributed by atoms with van der Waals surface area (Å²) in [5.41, 5.74) is -0.0893. The summed E-state index contributed by atoms with van der Waals surface area (Å²) in [5.74, 6) is -1.66. The van der Waals surface area contributed by atoms with Crippen molar-refractivity contribution in [2.75, 3.05) is 19.6 Å². The van der Waals surface area contributed by atoms with Crippen molar-refractivity contribution >= 4 is 17.8 Å². The van der Waals surface area contributed by atoms with Crippen LogP contribution in [0.25, 0.3) is 0 Å². The SMILES string of the molecule is CCNC(=O)N1CCC([C@H](NC(=O)c2ccccc2F)C(=O)N[C@@H](C)CC)CC1. The van der Waals surface area contributed by atoms with Crippen molar-refractivity contribution in [1.82, 2.24) is 20.9 Å². The molecule has 1 saturated heterocycles. The van der Waals surface area contributed by atoms with E-state index in [1.165, 1.54) is 18.2 Å². The Labute approximate surface area is 171 Å². The smallest absolute Gasteiger partial charge is 0.317 e. The van der Waals surface area contributed by atoms with Gasteiger partial charge in [0.15, 0.2) is 0 Å². The van der Waals surface area contributed by atoms with E-state index in [1.54, 1.807) is 11.0 Å². The maximum Gasteiger partial charge on any atom is 0.317 e. The van der Waals surface area contributed by atoms with Crippen molar-refractivity contribution in [2.24, 2.45) is 5.92 Å². The number of carbonyl (C=O) groups is 3. The van der Waals surface area contributed by atoms with Crippen LogP contribution >= 0.6 is 0 Å². The molecule has 1 fully saturated rings. The second-order valence-electron chi connectivity index (χ2n) is 7.41. The van der Waals surface area contributed by atoms with Crippen LogP contribution in [-0.2, 0) is 4.79 Å². The van der Waals surface area contributed by atoms with Gasteiger partial charge in [0.05, 0.1) is 5.56 Å². The molecule has 4 amide bonds. The van der Waals surface area contributed by atoms with Crippen LogP contribution in [0.15, 0.2) is 24.3 Å². The topological polar surface area (TPSA) is 90.5 Å². The molecule has 1 heterocycles. The fourth-order valence-electron chi connectivity index (χ4n) is 3.40. The highest BCUT2D eigenvalue weighted by atomic mass is 19.1. The van der Waals surface area contributed by atoms with Gasteiger partial charge >= 0.3 is 6.03 Å². The van der Waals surface area contributed by atoms with Crippen LogP contribution in [0.2, 0.25) is 0 Å². The highest BCUT2D eigenvalue weighted by molar-refractivity contribution is 5.97. The van der Waals surface area contributed by atoms with Crippen molar-refractivity contribution in [3.05, 3.63) is 35.6 Å². The summed E-state index contributed by atoms with van der Waals surface area (Å²) in [5, 5.41) is 8.42. The third kappa shape index (κ3) is 6.17. The Hall–Kier alpha value is -2.64. The van der Waals surface area contributed by atoms with E-state index in [-0.39, 0.29) is 29.5 Å². The zero-order chi connectivity index (χ0) is 21.4. The van der Waals surface area contributed by atoms with Gasteiger partial charge in [-0.15, -0.1) is 0 Å². The van der Waals surface area contributed by atoms with Gasteiger partial charge in [0.2, 0.25) is 5.91 Å². The Bertz CT molecular complexity index is 720. The lowest BCUT2D eigenvalue weighted by molar-refractivity contribution is -0.125. The van der Waals surface area contributed by atoms with Gasteiger partial charge in [0.1, 0.15) is 11.9 Å². The number of nitrogens with zero attached hydrogens (tertiary/aromatic N) is 1. The predicted octanol–water partition coefficient (Wildman–Crippen LogP) is 2.28. The normalized spacial score (nSPS) is 16.6. The first-order valence-electron chi connectivity index (χ1n) is 10.3. The quantitative estimate of drug-likeness (QED) is 0.649. The number of piperidine rings is 1. The lowest BCUT2D eigenvalue weighted by Gasteiger charge is -2.36. The number of hydrogen-bond donors (Lipinski definition) is 3. The molecule has 2 atom stereocenters. The summed E-state index contributed by atoms with van der Waals surface area (Å²) in [4.78, 5) is 39.2.